The van der Waals surface area contributed by atoms with Gasteiger partial charge in [0, 0.05) is 37.4 Å². The van der Waals surface area contributed by atoms with E-state index < -0.39 is 11.9 Å². The van der Waals surface area contributed by atoms with Crippen molar-refractivity contribution in [1.82, 2.24) is 14.9 Å². The summed E-state index contributed by atoms with van der Waals surface area (Å²) in [6.45, 7) is 8.38. The Hall–Kier alpha value is -3.20. The lowest BCUT2D eigenvalue weighted by atomic mass is 9.82. The number of benzene rings is 1. The van der Waals surface area contributed by atoms with E-state index >= 15 is 0 Å². The summed E-state index contributed by atoms with van der Waals surface area (Å²) in [5.41, 5.74) is -0.179. The number of rotatable bonds is 6. The first-order valence-electron chi connectivity index (χ1n) is 11.1. The first-order valence-corrected chi connectivity index (χ1v) is 11.1. The van der Waals surface area contributed by atoms with Crippen LogP contribution in [0.3, 0.4) is 0 Å². The lowest BCUT2D eigenvalue weighted by molar-refractivity contribution is -0.133. The van der Waals surface area contributed by atoms with Gasteiger partial charge in [0.25, 0.3) is 0 Å². The second-order valence-electron chi connectivity index (χ2n) is 8.34. The quantitative estimate of drug-likeness (QED) is 0.508. The molecule has 2 aliphatic heterocycles. The van der Waals surface area contributed by atoms with Crippen molar-refractivity contribution in [3.8, 4) is 11.5 Å². The molecule has 0 bridgehead atoms. The highest BCUT2D eigenvalue weighted by Gasteiger charge is 2.40. The highest BCUT2D eigenvalue weighted by atomic mass is 19.1. The molecule has 1 amide bonds. The van der Waals surface area contributed by atoms with Crippen LogP contribution in [0.2, 0.25) is 0 Å². The molecule has 0 radical (unpaired) electrons. The maximum atomic E-state index is 14.7. The van der Waals surface area contributed by atoms with Gasteiger partial charge in [-0.3, -0.25) is 4.79 Å². The van der Waals surface area contributed by atoms with Crippen molar-refractivity contribution in [1.29, 1.82) is 0 Å². The Morgan fingerprint density at radius 1 is 1.33 bits per heavy atom. The molecule has 2 aromatic rings. The molecule has 8 nitrogen and oxygen atoms in total. The topological polar surface area (TPSA) is 96.8 Å². The number of allylic oxidation sites excluding steroid dienone is 2. The number of amides is 1. The van der Waals surface area contributed by atoms with E-state index in [0.29, 0.717) is 78.8 Å². The molecule has 1 atom stereocenters. The molecule has 1 fully saturated rings. The van der Waals surface area contributed by atoms with Gasteiger partial charge >= 0.3 is 0 Å². The highest BCUT2D eigenvalue weighted by molar-refractivity contribution is 5.96. The molecule has 4 rings (SSSR count). The van der Waals surface area contributed by atoms with Crippen molar-refractivity contribution in [2.45, 2.75) is 45.0 Å². The van der Waals surface area contributed by atoms with E-state index in [-0.39, 0.29) is 12.3 Å². The number of hydrogen-bond donors (Lipinski definition) is 2. The minimum atomic E-state index is -1.38. The third-order valence-corrected chi connectivity index (χ3v) is 6.03. The number of nitrogens with zero attached hydrogens (tertiary/aromatic N) is 3. The molecule has 3 heterocycles. The maximum Gasteiger partial charge on any atom is 0.219 e. The van der Waals surface area contributed by atoms with Crippen LogP contribution in [0.4, 0.5) is 10.2 Å². The Bertz CT molecular complexity index is 1100. The first-order chi connectivity index (χ1) is 15.8. The summed E-state index contributed by atoms with van der Waals surface area (Å²) in [7, 11) is 0. The summed E-state index contributed by atoms with van der Waals surface area (Å²) < 4.78 is 26.5. The van der Waals surface area contributed by atoms with Crippen molar-refractivity contribution >= 4 is 22.6 Å². The summed E-state index contributed by atoms with van der Waals surface area (Å²) in [4.78, 5) is 22.4. The number of aliphatic hydroxyl groups is 1. The summed E-state index contributed by atoms with van der Waals surface area (Å²) >= 11 is 0. The summed E-state index contributed by atoms with van der Waals surface area (Å²) in [5, 5.41) is 15.0. The van der Waals surface area contributed by atoms with Crippen LogP contribution >= 0.6 is 0 Å². The number of halogens is 1. The second-order valence-corrected chi connectivity index (χ2v) is 8.34. The fraction of sp³-hybridized carbons (Fsp3) is 0.458. The largest absolute Gasteiger partial charge is 0.486 e. The number of fused-ring (bicyclic) bond motifs is 3. The van der Waals surface area contributed by atoms with E-state index in [1.165, 1.54) is 6.92 Å². The maximum absolute atomic E-state index is 14.7. The van der Waals surface area contributed by atoms with Gasteiger partial charge in [0.05, 0.1) is 5.60 Å². The minimum absolute atomic E-state index is 0.0213. The molecule has 33 heavy (non-hydrogen) atoms. The van der Waals surface area contributed by atoms with Gasteiger partial charge in [0.2, 0.25) is 5.91 Å². The number of anilines is 1. The number of nitrogens with one attached hydrogen (secondary N) is 1. The third kappa shape index (κ3) is 4.64. The van der Waals surface area contributed by atoms with Gasteiger partial charge in [-0.1, -0.05) is 24.8 Å². The normalized spacial score (nSPS) is 18.4. The molecule has 1 unspecified atom stereocenters. The van der Waals surface area contributed by atoms with Crippen LogP contribution in [-0.2, 0) is 10.4 Å². The number of hydrogen-bond acceptors (Lipinski definition) is 7. The Morgan fingerprint density at radius 3 is 2.70 bits per heavy atom. The number of alkyl halides is 1. The van der Waals surface area contributed by atoms with Gasteiger partial charge in [0.15, 0.2) is 17.8 Å². The molecular formula is C24H29FN4O4. The number of carbonyl (C=O) groups is 1. The SMILES string of the molecule is C=C/C=C\CC(F)Nc1nc(C)nc2c3c(c(C4(O)CCN(C(C)=O)CC4)cc12)OCCO3. The molecule has 2 aliphatic rings. The number of piperidine rings is 1. The number of aryl methyl sites for hydroxylation is 1. The minimum Gasteiger partial charge on any atom is -0.486 e. The zero-order chi connectivity index (χ0) is 23.6. The van der Waals surface area contributed by atoms with Gasteiger partial charge in [-0.05, 0) is 25.8 Å². The highest BCUT2D eigenvalue weighted by Crippen LogP contribution is 2.48. The van der Waals surface area contributed by atoms with Crippen LogP contribution < -0.4 is 14.8 Å². The number of ether oxygens (including phenoxy) is 2. The van der Waals surface area contributed by atoms with Crippen LogP contribution in [0.15, 0.2) is 30.9 Å². The zero-order valence-electron chi connectivity index (χ0n) is 18.9. The number of aromatic nitrogens is 2. The van der Waals surface area contributed by atoms with Crippen molar-refractivity contribution in [3.05, 3.63) is 42.3 Å². The summed E-state index contributed by atoms with van der Waals surface area (Å²) in [5.74, 6) is 1.62. The molecule has 1 saturated heterocycles. The van der Waals surface area contributed by atoms with Gasteiger partial charge in [-0.15, -0.1) is 0 Å². The van der Waals surface area contributed by atoms with E-state index in [1.807, 2.05) is 0 Å². The van der Waals surface area contributed by atoms with Crippen molar-refractivity contribution in [3.63, 3.8) is 0 Å². The van der Waals surface area contributed by atoms with Gasteiger partial charge < -0.3 is 24.8 Å². The first kappa shape index (κ1) is 23.0. The molecule has 1 aromatic heterocycles. The monoisotopic (exact) mass is 456 g/mol. The van der Waals surface area contributed by atoms with Gasteiger partial charge in [-0.25, -0.2) is 14.4 Å². The molecule has 176 valence electrons. The van der Waals surface area contributed by atoms with Crippen LogP contribution in [0.5, 0.6) is 11.5 Å². The molecule has 0 saturated carbocycles. The standard InChI is InChI=1S/C24H29FN4O4/c1-4-5-6-7-19(25)28-23-17-14-18(24(31)8-10-29(11-9-24)16(3)30)21-22(33-13-12-32-21)20(17)26-15(2)27-23/h4-6,14,19,31H,1,7-13H2,2-3H3,(H,26,27,28)/b6-5-. The van der Waals surface area contributed by atoms with Crippen LogP contribution in [0.1, 0.15) is 37.6 Å². The fourth-order valence-electron chi connectivity index (χ4n) is 4.31. The summed E-state index contributed by atoms with van der Waals surface area (Å²) in [6.07, 6.45) is 4.40. The number of carbonyl (C=O) groups excluding carboxylic acids is 1. The molecule has 1 aromatic carbocycles. The van der Waals surface area contributed by atoms with Crippen molar-refractivity contribution in [2.24, 2.45) is 0 Å². The smallest absolute Gasteiger partial charge is 0.219 e. The van der Waals surface area contributed by atoms with Crippen LogP contribution in [0.25, 0.3) is 10.9 Å². The van der Waals surface area contributed by atoms with Crippen molar-refractivity contribution in [2.75, 3.05) is 31.6 Å². The molecular weight excluding hydrogens is 427 g/mol. The Kier molecular flexibility index (Phi) is 6.51. The molecule has 0 spiro atoms. The lowest BCUT2D eigenvalue weighted by Crippen LogP contribution is -2.44. The van der Waals surface area contributed by atoms with E-state index in [1.54, 1.807) is 36.1 Å². The van der Waals surface area contributed by atoms with Crippen LogP contribution in [0, 0.1) is 6.92 Å². The molecule has 2 N–H and O–H groups in total. The zero-order valence-corrected chi connectivity index (χ0v) is 18.9. The van der Waals surface area contributed by atoms with E-state index in [9.17, 15) is 14.3 Å². The van der Waals surface area contributed by atoms with Crippen LogP contribution in [-0.4, -0.2) is 58.5 Å². The molecule has 9 heteroatoms. The van der Waals surface area contributed by atoms with Gasteiger partial charge in [-0.2, -0.15) is 0 Å². The molecule has 0 aliphatic carbocycles. The summed E-state index contributed by atoms with van der Waals surface area (Å²) in [6, 6.07) is 1.76. The van der Waals surface area contributed by atoms with E-state index in [2.05, 4.69) is 21.9 Å². The lowest BCUT2D eigenvalue weighted by Gasteiger charge is -2.39. The Balaban J connectivity index is 1.79. The average Bonchev–Trinajstić information content (AvgIpc) is 2.79. The predicted octanol–water partition coefficient (Wildman–Crippen LogP) is 3.38. The second kappa shape index (κ2) is 9.35. The van der Waals surface area contributed by atoms with E-state index in [0.717, 1.165) is 0 Å². The Morgan fingerprint density at radius 2 is 2.03 bits per heavy atom. The fourth-order valence-corrected chi connectivity index (χ4v) is 4.31. The number of likely N-dealkylation sites (tertiary alicyclic amines) is 1. The average molecular weight is 457 g/mol. The Labute approximate surface area is 192 Å². The van der Waals surface area contributed by atoms with Gasteiger partial charge in [0.1, 0.15) is 30.4 Å². The van der Waals surface area contributed by atoms with E-state index in [4.69, 9.17) is 9.47 Å². The third-order valence-electron chi connectivity index (χ3n) is 6.03. The predicted molar refractivity (Wildman–Crippen MR) is 123 cm³/mol. The van der Waals surface area contributed by atoms with Crippen molar-refractivity contribution < 1.29 is 23.8 Å².